The molecule has 0 bridgehead atoms. The summed E-state index contributed by atoms with van der Waals surface area (Å²) < 4.78 is 8.52. The zero-order valence-electron chi connectivity index (χ0n) is 12.1. The smallest absolute Gasteiger partial charge is 0.259 e. The van der Waals surface area contributed by atoms with Crippen LogP contribution in [0.1, 0.15) is 24.6 Å². The Hall–Kier alpha value is -2.69. The molecule has 5 nitrogen and oxygen atoms in total. The van der Waals surface area contributed by atoms with E-state index in [9.17, 15) is 14.4 Å². The molecular weight excluding hydrogens is 268 g/mol. The van der Waals surface area contributed by atoms with Crippen molar-refractivity contribution in [1.82, 2.24) is 5.32 Å². The molecule has 1 N–H and O–H groups in total. The molecule has 2 heterocycles. The number of rotatable bonds is 1. The molecule has 2 aliphatic rings. The number of nitrogens with zero attached hydrogens (tertiary/aromatic N) is 1. The molecule has 3 amide bonds. The number of hydrogen-bond acceptors (Lipinski definition) is 3. The highest BCUT2D eigenvalue weighted by molar-refractivity contribution is 6.27. The molecule has 2 aromatic carbocycles. The van der Waals surface area contributed by atoms with E-state index in [0.29, 0.717) is 11.3 Å². The molecule has 0 radical (unpaired) electrons. The summed E-state index contributed by atoms with van der Waals surface area (Å²) in [5.41, 5.74) is 1.04. The zero-order valence-corrected chi connectivity index (χ0v) is 11.1. The summed E-state index contributed by atoms with van der Waals surface area (Å²) in [4.78, 5) is 37.5. The molecule has 1 atom stereocenters. The Morgan fingerprint density at radius 2 is 1.90 bits per heavy atom. The third kappa shape index (κ3) is 1.60. The fourth-order valence-electron chi connectivity index (χ4n) is 3.00. The number of nitrogens with one attached hydrogen (secondary N) is 1. The summed E-state index contributed by atoms with van der Waals surface area (Å²) in [6.45, 7) is 0. The van der Waals surface area contributed by atoms with Crippen LogP contribution in [0.3, 0.4) is 0 Å². The molecule has 0 aliphatic carbocycles. The van der Waals surface area contributed by atoms with Crippen LogP contribution in [0.25, 0.3) is 10.8 Å². The fourth-order valence-corrected chi connectivity index (χ4v) is 3.00. The minimum absolute atomic E-state index is 0.00617. The Balaban J connectivity index is 1.92. The van der Waals surface area contributed by atoms with Gasteiger partial charge < -0.3 is 0 Å². The number of imide groups is 1. The summed E-state index contributed by atoms with van der Waals surface area (Å²) in [7, 11) is 0. The Morgan fingerprint density at radius 3 is 2.67 bits per heavy atom. The van der Waals surface area contributed by atoms with Gasteiger partial charge in [-0.15, -0.1) is 0 Å². The number of amides is 3. The van der Waals surface area contributed by atoms with Crippen molar-refractivity contribution < 1.29 is 15.8 Å². The predicted octanol–water partition coefficient (Wildman–Crippen LogP) is 1.61. The zero-order chi connectivity index (χ0) is 15.5. The third-order valence-electron chi connectivity index (χ3n) is 3.93. The van der Waals surface area contributed by atoms with Gasteiger partial charge in [0.2, 0.25) is 11.8 Å². The van der Waals surface area contributed by atoms with E-state index in [0.717, 1.165) is 10.8 Å². The number of carbonyl (C=O) groups is 3. The minimum atomic E-state index is -1.79. The first kappa shape index (κ1) is 11.0. The largest absolute Gasteiger partial charge is 0.295 e. The molecule has 1 unspecified atom stereocenters. The molecule has 104 valence electrons. The van der Waals surface area contributed by atoms with Crippen molar-refractivity contribution in [1.29, 1.82) is 0 Å². The molecule has 21 heavy (non-hydrogen) atoms. The Morgan fingerprint density at radius 1 is 1.14 bits per heavy atom. The first-order valence-corrected chi connectivity index (χ1v) is 6.73. The van der Waals surface area contributed by atoms with Crippen LogP contribution in [0.2, 0.25) is 0 Å². The normalized spacial score (nSPS) is 25.2. The van der Waals surface area contributed by atoms with Crippen molar-refractivity contribution in [2.24, 2.45) is 0 Å². The second-order valence-electron chi connectivity index (χ2n) is 5.15. The summed E-state index contributed by atoms with van der Waals surface area (Å²) in [6.07, 6.45) is 0.0408. The maximum Gasteiger partial charge on any atom is 0.259 e. The second-order valence-corrected chi connectivity index (χ2v) is 5.15. The van der Waals surface area contributed by atoms with E-state index in [4.69, 9.17) is 1.37 Å². The van der Waals surface area contributed by atoms with Gasteiger partial charge >= 0.3 is 0 Å². The molecule has 0 aromatic heterocycles. The van der Waals surface area contributed by atoms with Crippen LogP contribution in [0.5, 0.6) is 0 Å². The minimum Gasteiger partial charge on any atom is -0.295 e. The lowest BCUT2D eigenvalue weighted by Crippen LogP contribution is -2.53. The monoisotopic (exact) mass is 281 g/mol. The van der Waals surface area contributed by atoms with Crippen molar-refractivity contribution in [3.63, 3.8) is 0 Å². The van der Waals surface area contributed by atoms with Crippen LogP contribution in [-0.2, 0) is 9.59 Å². The van der Waals surface area contributed by atoms with Gasteiger partial charge in [0, 0.05) is 17.4 Å². The molecule has 0 spiro atoms. The SMILES string of the molecule is [2H]C1(N2C(=O)c3cccc4cccc2c34)CCC(=O)NC1=O. The topological polar surface area (TPSA) is 66.5 Å². The van der Waals surface area contributed by atoms with Crippen LogP contribution in [-0.4, -0.2) is 23.7 Å². The average molecular weight is 281 g/mol. The van der Waals surface area contributed by atoms with E-state index in [2.05, 4.69) is 5.32 Å². The number of piperidine rings is 1. The molecule has 2 aliphatic heterocycles. The standard InChI is InChI=1S/C16H12N2O3/c19-13-8-7-12(15(20)17-13)18-11-6-2-4-9-3-1-5-10(14(9)11)16(18)21/h1-6,12H,7-8H2,(H,17,19,20)/i12D. The van der Waals surface area contributed by atoms with E-state index in [1.807, 2.05) is 12.1 Å². The van der Waals surface area contributed by atoms with Crippen molar-refractivity contribution in [3.05, 3.63) is 42.0 Å². The van der Waals surface area contributed by atoms with Crippen molar-refractivity contribution in [2.75, 3.05) is 4.90 Å². The van der Waals surface area contributed by atoms with E-state index in [1.165, 1.54) is 4.90 Å². The van der Waals surface area contributed by atoms with Crippen LogP contribution in [0, 0.1) is 0 Å². The lowest BCUT2D eigenvalue weighted by Gasteiger charge is -2.30. The Bertz CT molecular complexity index is 858. The summed E-state index contributed by atoms with van der Waals surface area (Å²) in [5.74, 6) is -1.52. The lowest BCUT2D eigenvalue weighted by atomic mass is 10.0. The van der Waals surface area contributed by atoms with Crippen molar-refractivity contribution in [2.45, 2.75) is 18.9 Å². The van der Waals surface area contributed by atoms with Crippen molar-refractivity contribution in [3.8, 4) is 0 Å². The lowest BCUT2D eigenvalue weighted by molar-refractivity contribution is -0.134. The average Bonchev–Trinajstić information content (AvgIpc) is 2.79. The van der Waals surface area contributed by atoms with E-state index >= 15 is 0 Å². The van der Waals surface area contributed by atoms with Crippen molar-refractivity contribution >= 4 is 34.2 Å². The molecule has 2 aromatic rings. The first-order valence-electron chi connectivity index (χ1n) is 7.23. The Kier molecular flexibility index (Phi) is 2.18. The van der Waals surface area contributed by atoms with Crippen LogP contribution in [0.15, 0.2) is 36.4 Å². The maximum absolute atomic E-state index is 12.7. The highest BCUT2D eigenvalue weighted by Crippen LogP contribution is 2.39. The van der Waals surface area contributed by atoms with Gasteiger partial charge in [-0.2, -0.15) is 0 Å². The molecule has 1 fully saturated rings. The summed E-state index contributed by atoms with van der Waals surface area (Å²) in [6, 6.07) is 8.99. The summed E-state index contributed by atoms with van der Waals surface area (Å²) in [5, 5.41) is 3.81. The first-order chi connectivity index (χ1) is 10.5. The third-order valence-corrected chi connectivity index (χ3v) is 3.93. The molecule has 0 saturated carbocycles. The van der Waals surface area contributed by atoms with Gasteiger partial charge in [0.1, 0.15) is 6.02 Å². The van der Waals surface area contributed by atoms with Crippen LogP contribution >= 0.6 is 0 Å². The van der Waals surface area contributed by atoms with Gasteiger partial charge in [0.25, 0.3) is 5.91 Å². The highest BCUT2D eigenvalue weighted by Gasteiger charge is 2.40. The summed E-state index contributed by atoms with van der Waals surface area (Å²) >= 11 is 0. The van der Waals surface area contributed by atoms with Gasteiger partial charge in [-0.05, 0) is 23.9 Å². The van der Waals surface area contributed by atoms with Gasteiger partial charge in [0.15, 0.2) is 0 Å². The second kappa shape index (κ2) is 4.15. The number of anilines is 1. The number of carbonyl (C=O) groups excluding carboxylic acids is 3. The molecule has 5 heteroatoms. The van der Waals surface area contributed by atoms with E-state index in [-0.39, 0.29) is 18.7 Å². The van der Waals surface area contributed by atoms with E-state index < -0.39 is 17.8 Å². The van der Waals surface area contributed by atoms with E-state index in [1.54, 1.807) is 24.3 Å². The van der Waals surface area contributed by atoms with Gasteiger partial charge in [-0.25, -0.2) is 0 Å². The molecule has 4 rings (SSSR count). The quantitative estimate of drug-likeness (QED) is 0.807. The number of hydrogen-bond donors (Lipinski definition) is 1. The Labute approximate surface area is 121 Å². The van der Waals surface area contributed by atoms with Crippen LogP contribution in [0.4, 0.5) is 5.69 Å². The maximum atomic E-state index is 12.7. The fraction of sp³-hybridized carbons (Fsp3) is 0.188. The van der Waals surface area contributed by atoms with Gasteiger partial charge in [0.05, 0.1) is 7.06 Å². The van der Waals surface area contributed by atoms with Gasteiger partial charge in [-0.3, -0.25) is 24.6 Å². The number of benzene rings is 2. The van der Waals surface area contributed by atoms with Crippen LogP contribution < -0.4 is 10.2 Å². The molecule has 1 saturated heterocycles. The predicted molar refractivity (Wildman–Crippen MR) is 76.9 cm³/mol. The molecular formula is C16H12N2O3. The highest BCUT2D eigenvalue weighted by atomic mass is 16.2. The van der Waals surface area contributed by atoms with Gasteiger partial charge in [-0.1, -0.05) is 24.3 Å².